The first-order chi connectivity index (χ1) is 8.73. The molecular weight excluding hydrogens is 264 g/mol. The zero-order valence-corrected chi connectivity index (χ0v) is 12.2. The smallest absolute Gasteiger partial charge is 0.261 e. The third-order valence-corrected chi connectivity index (χ3v) is 2.53. The van der Waals surface area contributed by atoms with Gasteiger partial charge in [-0.25, -0.2) is 0 Å². The second-order valence-electron chi connectivity index (χ2n) is 5.26. The zero-order chi connectivity index (χ0) is 14.6. The van der Waals surface area contributed by atoms with E-state index >= 15 is 0 Å². The summed E-state index contributed by atoms with van der Waals surface area (Å²) in [6.07, 6.45) is -0.662. The van der Waals surface area contributed by atoms with Crippen LogP contribution in [0, 0.1) is 11.3 Å². The summed E-state index contributed by atoms with van der Waals surface area (Å²) in [5, 5.41) is 11.9. The van der Waals surface area contributed by atoms with E-state index in [1.165, 1.54) is 6.07 Å². The van der Waals surface area contributed by atoms with Crippen molar-refractivity contribution in [3.05, 3.63) is 28.8 Å². The van der Waals surface area contributed by atoms with Gasteiger partial charge in [0.15, 0.2) is 6.10 Å². The number of carbonyl (C=O) groups is 1. The summed E-state index contributed by atoms with van der Waals surface area (Å²) in [6.45, 7) is 7.33. The lowest BCUT2D eigenvalue weighted by Gasteiger charge is -2.23. The van der Waals surface area contributed by atoms with Crippen molar-refractivity contribution in [1.29, 1.82) is 5.26 Å². The predicted octanol–water partition coefficient (Wildman–Crippen LogP) is 2.89. The molecule has 0 bridgehead atoms. The lowest BCUT2D eigenvalue weighted by atomic mass is 10.1. The van der Waals surface area contributed by atoms with Crippen molar-refractivity contribution in [2.75, 3.05) is 0 Å². The summed E-state index contributed by atoms with van der Waals surface area (Å²) in [7, 11) is 0. The first-order valence-electron chi connectivity index (χ1n) is 5.91. The molecule has 1 amide bonds. The van der Waals surface area contributed by atoms with Crippen LogP contribution >= 0.6 is 11.6 Å². The van der Waals surface area contributed by atoms with E-state index in [1.54, 1.807) is 19.1 Å². The van der Waals surface area contributed by atoms with Gasteiger partial charge in [0.1, 0.15) is 5.75 Å². The molecule has 0 fully saturated rings. The fourth-order valence-corrected chi connectivity index (χ4v) is 1.61. The van der Waals surface area contributed by atoms with Crippen molar-refractivity contribution < 1.29 is 9.53 Å². The molecule has 0 saturated carbocycles. The van der Waals surface area contributed by atoms with Crippen LogP contribution in [0.3, 0.4) is 0 Å². The Hall–Kier alpha value is -1.73. The number of nitrogens with zero attached hydrogens (tertiary/aromatic N) is 1. The van der Waals surface area contributed by atoms with Crippen LogP contribution in [-0.4, -0.2) is 17.6 Å². The van der Waals surface area contributed by atoms with Gasteiger partial charge in [-0.3, -0.25) is 4.79 Å². The van der Waals surface area contributed by atoms with E-state index in [9.17, 15) is 4.79 Å². The second-order valence-corrected chi connectivity index (χ2v) is 5.66. The van der Waals surface area contributed by atoms with E-state index in [0.29, 0.717) is 16.3 Å². The highest BCUT2D eigenvalue weighted by Gasteiger charge is 2.21. The molecule has 19 heavy (non-hydrogen) atoms. The third-order valence-electron chi connectivity index (χ3n) is 2.23. The van der Waals surface area contributed by atoms with E-state index in [4.69, 9.17) is 21.6 Å². The molecule has 1 atom stereocenters. The van der Waals surface area contributed by atoms with Crippen molar-refractivity contribution in [3.63, 3.8) is 0 Å². The summed E-state index contributed by atoms with van der Waals surface area (Å²) >= 11 is 5.98. The molecular formula is C14H17ClN2O2. The van der Waals surface area contributed by atoms with Gasteiger partial charge in [-0.1, -0.05) is 11.6 Å². The van der Waals surface area contributed by atoms with Gasteiger partial charge in [0.05, 0.1) is 16.7 Å². The van der Waals surface area contributed by atoms with E-state index < -0.39 is 6.10 Å². The van der Waals surface area contributed by atoms with Crippen LogP contribution in [0.4, 0.5) is 0 Å². The maximum Gasteiger partial charge on any atom is 0.261 e. The van der Waals surface area contributed by atoms with Crippen molar-refractivity contribution in [1.82, 2.24) is 5.32 Å². The minimum Gasteiger partial charge on any atom is -0.479 e. The first kappa shape index (κ1) is 15.3. The minimum absolute atomic E-state index is 0.215. The Balaban J connectivity index is 2.75. The molecule has 0 saturated heterocycles. The number of halogens is 1. The molecule has 0 radical (unpaired) electrons. The van der Waals surface area contributed by atoms with Gasteiger partial charge >= 0.3 is 0 Å². The normalized spacial score (nSPS) is 12.4. The number of carbonyl (C=O) groups excluding carboxylic acids is 1. The molecule has 0 spiro atoms. The molecule has 0 aromatic heterocycles. The number of benzene rings is 1. The van der Waals surface area contributed by atoms with Crippen LogP contribution in [0.25, 0.3) is 0 Å². The van der Waals surface area contributed by atoms with Gasteiger partial charge in [-0.15, -0.1) is 0 Å². The van der Waals surface area contributed by atoms with Crippen LogP contribution < -0.4 is 10.1 Å². The molecule has 1 N–H and O–H groups in total. The molecule has 0 aliphatic heterocycles. The SMILES string of the molecule is C[C@@H](Oc1ccc(C#N)cc1Cl)C(=O)NC(C)(C)C. The fraction of sp³-hybridized carbons (Fsp3) is 0.429. The van der Waals surface area contributed by atoms with Crippen molar-refractivity contribution in [2.45, 2.75) is 39.3 Å². The van der Waals surface area contributed by atoms with Crippen LogP contribution in [-0.2, 0) is 4.79 Å². The van der Waals surface area contributed by atoms with Gasteiger partial charge < -0.3 is 10.1 Å². The molecule has 0 unspecified atom stereocenters. The number of rotatable bonds is 3. The van der Waals surface area contributed by atoms with Gasteiger partial charge in [0, 0.05) is 5.54 Å². The molecule has 5 heteroatoms. The largest absolute Gasteiger partial charge is 0.479 e. The highest BCUT2D eigenvalue weighted by Crippen LogP contribution is 2.26. The van der Waals surface area contributed by atoms with Crippen LogP contribution in [0.5, 0.6) is 5.75 Å². The monoisotopic (exact) mass is 280 g/mol. The van der Waals surface area contributed by atoms with Gasteiger partial charge in [0.25, 0.3) is 5.91 Å². The average molecular weight is 281 g/mol. The highest BCUT2D eigenvalue weighted by molar-refractivity contribution is 6.32. The highest BCUT2D eigenvalue weighted by atomic mass is 35.5. The second kappa shape index (κ2) is 5.94. The molecule has 102 valence electrons. The Labute approximate surface area is 118 Å². The lowest BCUT2D eigenvalue weighted by Crippen LogP contribution is -2.46. The Morgan fingerprint density at radius 3 is 2.58 bits per heavy atom. The minimum atomic E-state index is -0.662. The van der Waals surface area contributed by atoms with E-state index in [2.05, 4.69) is 5.32 Å². The van der Waals surface area contributed by atoms with Crippen molar-refractivity contribution in [3.8, 4) is 11.8 Å². The Bertz CT molecular complexity index is 515. The predicted molar refractivity (Wildman–Crippen MR) is 74.2 cm³/mol. The Morgan fingerprint density at radius 1 is 1.47 bits per heavy atom. The van der Waals surface area contributed by atoms with Gasteiger partial charge in [-0.05, 0) is 45.9 Å². The number of amides is 1. The topological polar surface area (TPSA) is 62.1 Å². The van der Waals surface area contributed by atoms with Gasteiger partial charge in [0.2, 0.25) is 0 Å². The number of nitrogens with one attached hydrogen (secondary N) is 1. The first-order valence-corrected chi connectivity index (χ1v) is 6.29. The molecule has 1 aromatic rings. The number of hydrogen-bond donors (Lipinski definition) is 1. The standard InChI is InChI=1S/C14H17ClN2O2/c1-9(13(18)17-14(2,3)4)19-12-6-5-10(8-16)7-11(12)15/h5-7,9H,1-4H3,(H,17,18)/t9-/m1/s1. The quantitative estimate of drug-likeness (QED) is 0.926. The summed E-state index contributed by atoms with van der Waals surface area (Å²) in [4.78, 5) is 11.9. The molecule has 0 heterocycles. The summed E-state index contributed by atoms with van der Waals surface area (Å²) < 4.78 is 5.50. The van der Waals surface area contributed by atoms with Crippen molar-refractivity contribution >= 4 is 17.5 Å². The van der Waals surface area contributed by atoms with Crippen LogP contribution in [0.15, 0.2) is 18.2 Å². The zero-order valence-electron chi connectivity index (χ0n) is 11.5. The Kier molecular flexibility index (Phi) is 4.79. The number of ether oxygens (including phenoxy) is 1. The summed E-state index contributed by atoms with van der Waals surface area (Å²) in [5.41, 5.74) is 0.132. The maximum atomic E-state index is 11.9. The third kappa shape index (κ3) is 4.80. The average Bonchev–Trinajstić information content (AvgIpc) is 2.29. The summed E-state index contributed by atoms with van der Waals surface area (Å²) in [6, 6.07) is 6.67. The number of nitriles is 1. The fourth-order valence-electron chi connectivity index (χ4n) is 1.38. The molecule has 0 aliphatic rings. The van der Waals surface area contributed by atoms with Gasteiger partial charge in [-0.2, -0.15) is 5.26 Å². The van der Waals surface area contributed by atoms with E-state index in [0.717, 1.165) is 0 Å². The molecule has 1 rings (SSSR count). The van der Waals surface area contributed by atoms with E-state index in [1.807, 2.05) is 26.8 Å². The molecule has 1 aromatic carbocycles. The van der Waals surface area contributed by atoms with E-state index in [-0.39, 0.29) is 11.4 Å². The lowest BCUT2D eigenvalue weighted by molar-refractivity contribution is -0.128. The molecule has 0 aliphatic carbocycles. The Morgan fingerprint density at radius 2 is 2.11 bits per heavy atom. The van der Waals surface area contributed by atoms with Crippen molar-refractivity contribution in [2.24, 2.45) is 0 Å². The van der Waals surface area contributed by atoms with Crippen LogP contribution in [0.1, 0.15) is 33.3 Å². The number of hydrogen-bond acceptors (Lipinski definition) is 3. The molecule has 4 nitrogen and oxygen atoms in total. The maximum absolute atomic E-state index is 11.9. The van der Waals surface area contributed by atoms with Crippen LogP contribution in [0.2, 0.25) is 5.02 Å². The summed E-state index contributed by atoms with van der Waals surface area (Å²) in [5.74, 6) is 0.171.